The van der Waals surface area contributed by atoms with Gasteiger partial charge >= 0.3 is 6.09 Å². The van der Waals surface area contributed by atoms with E-state index in [-0.39, 0.29) is 6.09 Å². The Morgan fingerprint density at radius 3 is 1.89 bits per heavy atom. The molecule has 148 valence electrons. The van der Waals surface area contributed by atoms with E-state index in [0.717, 1.165) is 20.1 Å². The van der Waals surface area contributed by atoms with Gasteiger partial charge in [0, 0.05) is 22.0 Å². The summed E-state index contributed by atoms with van der Waals surface area (Å²) in [7, 11) is 0. The lowest BCUT2D eigenvalue weighted by atomic mass is 10.1. The minimum atomic E-state index is -0.459. The molecule has 0 saturated heterocycles. The Morgan fingerprint density at radius 1 is 1.00 bits per heavy atom. The number of ether oxygens (including phenoxy) is 1. The van der Waals surface area contributed by atoms with Gasteiger partial charge < -0.3 is 15.8 Å². The Balaban J connectivity index is 0.000000309. The number of aryl methyl sites for hydroxylation is 2. The second-order valence-electron chi connectivity index (χ2n) is 7.20. The molecular weight excluding hydrogens is 472 g/mol. The van der Waals surface area contributed by atoms with Crippen LogP contribution in [0.1, 0.15) is 43.0 Å². The van der Waals surface area contributed by atoms with E-state index in [1.165, 1.54) is 11.1 Å². The fourth-order valence-corrected chi connectivity index (χ4v) is 3.18. The Morgan fingerprint density at radius 2 is 1.48 bits per heavy atom. The highest BCUT2D eigenvalue weighted by molar-refractivity contribution is 9.10. The minimum absolute atomic E-state index is 0.389. The van der Waals surface area contributed by atoms with Gasteiger partial charge in [-0.1, -0.05) is 44.0 Å². The standard InChI is InChI=1S/C13H18BrNO2.C8H10BrN/c1-9-7-11(14)6-5-10(9)8-15-12(16)17-13(2,3)4;1-6-4-8(9)3-2-7(6)5-10/h5-7H,8H2,1-4H3,(H,15,16);2-4H,5,10H2,1H3. The molecule has 2 aromatic carbocycles. The second kappa shape index (κ2) is 10.8. The smallest absolute Gasteiger partial charge is 0.407 e. The van der Waals surface area contributed by atoms with Crippen molar-refractivity contribution in [1.29, 1.82) is 0 Å². The van der Waals surface area contributed by atoms with Crippen molar-refractivity contribution in [3.8, 4) is 0 Å². The number of amides is 1. The summed E-state index contributed by atoms with van der Waals surface area (Å²) in [4.78, 5) is 11.5. The van der Waals surface area contributed by atoms with Gasteiger partial charge in [-0.2, -0.15) is 0 Å². The number of rotatable bonds is 3. The first-order valence-corrected chi connectivity index (χ1v) is 10.3. The number of carbonyl (C=O) groups excluding carboxylic acids is 1. The molecule has 0 aliphatic heterocycles. The van der Waals surface area contributed by atoms with Crippen LogP contribution in [-0.4, -0.2) is 11.7 Å². The van der Waals surface area contributed by atoms with Gasteiger partial charge in [0.2, 0.25) is 0 Å². The number of halogens is 2. The summed E-state index contributed by atoms with van der Waals surface area (Å²) in [5.74, 6) is 0. The van der Waals surface area contributed by atoms with Gasteiger partial charge in [-0.25, -0.2) is 4.79 Å². The lowest BCUT2D eigenvalue weighted by molar-refractivity contribution is 0.0523. The predicted octanol–water partition coefficient (Wildman–Crippen LogP) is 6.00. The zero-order chi connectivity index (χ0) is 20.6. The molecule has 2 aromatic rings. The average Bonchev–Trinajstić information content (AvgIpc) is 2.53. The van der Waals surface area contributed by atoms with Crippen molar-refractivity contribution in [3.63, 3.8) is 0 Å². The van der Waals surface area contributed by atoms with Crippen LogP contribution in [0.2, 0.25) is 0 Å². The van der Waals surface area contributed by atoms with Crippen LogP contribution in [0.15, 0.2) is 45.3 Å². The van der Waals surface area contributed by atoms with E-state index >= 15 is 0 Å². The highest BCUT2D eigenvalue weighted by Gasteiger charge is 2.15. The van der Waals surface area contributed by atoms with Gasteiger partial charge in [0.05, 0.1) is 0 Å². The zero-order valence-electron chi connectivity index (χ0n) is 16.5. The summed E-state index contributed by atoms with van der Waals surface area (Å²) < 4.78 is 7.31. The maximum absolute atomic E-state index is 11.5. The molecule has 0 heterocycles. The Hall–Kier alpha value is -1.37. The maximum Gasteiger partial charge on any atom is 0.407 e. The summed E-state index contributed by atoms with van der Waals surface area (Å²) in [6, 6.07) is 12.1. The second-order valence-corrected chi connectivity index (χ2v) is 9.03. The molecule has 1 amide bonds. The molecule has 3 N–H and O–H groups in total. The SMILES string of the molecule is Cc1cc(Br)ccc1CN.Cc1cc(Br)ccc1CNC(=O)OC(C)(C)C. The summed E-state index contributed by atoms with van der Waals surface area (Å²) in [5, 5.41) is 2.74. The van der Waals surface area contributed by atoms with E-state index in [9.17, 15) is 4.79 Å². The summed E-state index contributed by atoms with van der Waals surface area (Å²) in [6.07, 6.45) is -0.389. The van der Waals surface area contributed by atoms with Crippen molar-refractivity contribution in [3.05, 3.63) is 67.6 Å². The monoisotopic (exact) mass is 498 g/mol. The van der Waals surface area contributed by atoms with E-state index in [1.54, 1.807) is 0 Å². The van der Waals surface area contributed by atoms with Crippen molar-refractivity contribution in [2.75, 3.05) is 0 Å². The van der Waals surface area contributed by atoms with Gasteiger partial charge in [0.15, 0.2) is 0 Å². The number of benzene rings is 2. The molecule has 0 bridgehead atoms. The van der Waals surface area contributed by atoms with Crippen LogP contribution in [0, 0.1) is 13.8 Å². The lowest BCUT2D eigenvalue weighted by Crippen LogP contribution is -2.32. The van der Waals surface area contributed by atoms with Crippen LogP contribution in [0.3, 0.4) is 0 Å². The molecule has 4 nitrogen and oxygen atoms in total. The normalized spacial score (nSPS) is 10.7. The van der Waals surface area contributed by atoms with E-state index in [4.69, 9.17) is 10.5 Å². The molecule has 0 fully saturated rings. The fourth-order valence-electron chi connectivity index (χ4n) is 2.23. The number of nitrogens with one attached hydrogen (secondary N) is 1. The number of nitrogens with two attached hydrogens (primary N) is 1. The van der Waals surface area contributed by atoms with Crippen LogP contribution in [0.25, 0.3) is 0 Å². The molecule has 0 radical (unpaired) electrons. The van der Waals surface area contributed by atoms with Crippen LogP contribution >= 0.6 is 31.9 Å². The molecule has 0 aliphatic carbocycles. The topological polar surface area (TPSA) is 64.3 Å². The van der Waals surface area contributed by atoms with Crippen molar-refractivity contribution >= 4 is 38.0 Å². The maximum atomic E-state index is 11.5. The highest BCUT2D eigenvalue weighted by Crippen LogP contribution is 2.16. The molecule has 2 rings (SSSR count). The number of alkyl carbamates (subject to hydrolysis) is 1. The molecule has 0 spiro atoms. The van der Waals surface area contributed by atoms with Gasteiger partial charge in [0.1, 0.15) is 5.60 Å². The molecule has 0 unspecified atom stereocenters. The summed E-state index contributed by atoms with van der Waals surface area (Å²) >= 11 is 6.79. The van der Waals surface area contributed by atoms with Gasteiger partial charge in [0.25, 0.3) is 0 Å². The highest BCUT2D eigenvalue weighted by atomic mass is 79.9. The lowest BCUT2D eigenvalue weighted by Gasteiger charge is -2.19. The predicted molar refractivity (Wildman–Crippen MR) is 119 cm³/mol. The first kappa shape index (κ1) is 23.7. The molecule has 0 saturated carbocycles. The van der Waals surface area contributed by atoms with E-state index < -0.39 is 5.60 Å². The molecule has 27 heavy (non-hydrogen) atoms. The van der Waals surface area contributed by atoms with E-state index in [0.29, 0.717) is 13.1 Å². The summed E-state index contributed by atoms with van der Waals surface area (Å²) in [5.41, 5.74) is 9.70. The quantitative estimate of drug-likeness (QED) is 0.544. The third kappa shape index (κ3) is 9.40. The zero-order valence-corrected chi connectivity index (χ0v) is 19.7. The third-order valence-electron chi connectivity index (χ3n) is 3.65. The molecule has 0 aromatic heterocycles. The van der Waals surface area contributed by atoms with E-state index in [2.05, 4.69) is 50.2 Å². The first-order valence-electron chi connectivity index (χ1n) is 8.69. The largest absolute Gasteiger partial charge is 0.444 e. The minimum Gasteiger partial charge on any atom is -0.444 e. The third-order valence-corrected chi connectivity index (χ3v) is 4.64. The van der Waals surface area contributed by atoms with E-state index in [1.807, 2.05) is 58.0 Å². The van der Waals surface area contributed by atoms with Crippen LogP contribution in [0.4, 0.5) is 4.79 Å². The Kier molecular flexibility index (Phi) is 9.50. The van der Waals surface area contributed by atoms with Crippen LogP contribution in [-0.2, 0) is 17.8 Å². The number of carbonyl (C=O) groups is 1. The first-order chi connectivity index (χ1) is 12.5. The fraction of sp³-hybridized carbons (Fsp3) is 0.381. The number of hydrogen-bond donors (Lipinski definition) is 2. The Labute approximate surface area is 179 Å². The van der Waals surface area contributed by atoms with Gasteiger partial charge in [-0.3, -0.25) is 0 Å². The number of hydrogen-bond acceptors (Lipinski definition) is 3. The van der Waals surface area contributed by atoms with Crippen LogP contribution < -0.4 is 11.1 Å². The average molecular weight is 500 g/mol. The molecule has 0 atom stereocenters. The van der Waals surface area contributed by atoms with Gasteiger partial charge in [-0.05, 0) is 81.1 Å². The van der Waals surface area contributed by atoms with Crippen molar-refractivity contribution in [1.82, 2.24) is 5.32 Å². The van der Waals surface area contributed by atoms with Gasteiger partial charge in [-0.15, -0.1) is 0 Å². The van der Waals surface area contributed by atoms with Crippen molar-refractivity contribution in [2.45, 2.75) is 53.3 Å². The molecular formula is C21H28Br2N2O2. The van der Waals surface area contributed by atoms with Crippen LogP contribution in [0.5, 0.6) is 0 Å². The Bertz CT molecular complexity index is 771. The molecule has 0 aliphatic rings. The molecule has 6 heteroatoms. The summed E-state index contributed by atoms with van der Waals surface area (Å²) in [6.45, 7) is 10.7. The van der Waals surface area contributed by atoms with Crippen molar-refractivity contribution in [2.24, 2.45) is 5.73 Å². The van der Waals surface area contributed by atoms with Crippen molar-refractivity contribution < 1.29 is 9.53 Å².